The summed E-state index contributed by atoms with van der Waals surface area (Å²) in [4.78, 5) is 6.70. The van der Waals surface area contributed by atoms with Crippen molar-refractivity contribution in [3.05, 3.63) is 42.1 Å². The average Bonchev–Trinajstić information content (AvgIpc) is 2.98. The molecule has 0 atom stereocenters. The molecule has 1 saturated heterocycles. The summed E-state index contributed by atoms with van der Waals surface area (Å²) in [5.74, 6) is 1.81. The predicted octanol–water partition coefficient (Wildman–Crippen LogP) is 1.56. The van der Waals surface area contributed by atoms with Crippen LogP contribution in [0.1, 0.15) is 12.0 Å². The zero-order valence-electron chi connectivity index (χ0n) is 15.5. The molecule has 0 bridgehead atoms. The zero-order chi connectivity index (χ0) is 19.4. The molecule has 4 rings (SSSR count). The van der Waals surface area contributed by atoms with Crippen molar-refractivity contribution in [3.8, 4) is 11.5 Å². The zero-order valence-corrected chi connectivity index (χ0v) is 16.3. The van der Waals surface area contributed by atoms with Crippen LogP contribution in [0.3, 0.4) is 0 Å². The lowest BCUT2D eigenvalue weighted by molar-refractivity contribution is 0.122. The fourth-order valence-corrected chi connectivity index (χ4v) is 4.22. The number of rotatable bonds is 5. The number of ether oxygens (including phenoxy) is 3. The second kappa shape index (κ2) is 8.34. The van der Waals surface area contributed by atoms with Crippen molar-refractivity contribution < 1.29 is 22.6 Å². The van der Waals surface area contributed by atoms with Gasteiger partial charge in [0.2, 0.25) is 10.0 Å². The Kier molecular flexibility index (Phi) is 5.65. The van der Waals surface area contributed by atoms with Crippen molar-refractivity contribution in [3.63, 3.8) is 0 Å². The van der Waals surface area contributed by atoms with E-state index in [0.717, 1.165) is 30.9 Å². The molecule has 1 N–H and O–H groups in total. The topological polar surface area (TPSA) is 90.0 Å². The lowest BCUT2D eigenvalue weighted by Crippen LogP contribution is -2.37. The van der Waals surface area contributed by atoms with Crippen molar-refractivity contribution in [2.24, 2.45) is 0 Å². The number of nitrogens with one attached hydrogen (secondary N) is 1. The van der Waals surface area contributed by atoms with E-state index in [1.165, 1.54) is 12.1 Å². The van der Waals surface area contributed by atoms with Crippen LogP contribution < -0.4 is 19.1 Å². The van der Waals surface area contributed by atoms with Crippen LogP contribution in [-0.2, 0) is 21.3 Å². The second-order valence-corrected chi connectivity index (χ2v) is 8.34. The molecule has 3 heterocycles. The molecule has 2 aromatic rings. The van der Waals surface area contributed by atoms with E-state index in [4.69, 9.17) is 14.2 Å². The molecule has 0 amide bonds. The minimum absolute atomic E-state index is 0.147. The largest absolute Gasteiger partial charge is 0.490 e. The van der Waals surface area contributed by atoms with Crippen LogP contribution >= 0.6 is 0 Å². The van der Waals surface area contributed by atoms with E-state index in [-0.39, 0.29) is 11.4 Å². The molecule has 1 fully saturated rings. The van der Waals surface area contributed by atoms with Gasteiger partial charge in [-0.15, -0.1) is 0 Å². The standard InChI is InChI=1S/C19H23N3O5S/c23-28(24,16-4-5-17-18(13-16)27-10-2-9-26-17)21-14-15-3-1-6-20-19(15)22-7-11-25-12-8-22/h1,3-6,13,21H,2,7-12,14H2. The highest BCUT2D eigenvalue weighted by atomic mass is 32.2. The van der Waals surface area contributed by atoms with Gasteiger partial charge in [-0.3, -0.25) is 0 Å². The van der Waals surface area contributed by atoms with E-state index < -0.39 is 10.0 Å². The SMILES string of the molecule is O=S(=O)(NCc1cccnc1N1CCOCC1)c1ccc2c(c1)OCCCO2. The normalized spacial score (nSPS) is 17.2. The molecule has 8 nitrogen and oxygen atoms in total. The number of hydrogen-bond acceptors (Lipinski definition) is 7. The van der Waals surface area contributed by atoms with Gasteiger partial charge in [0.25, 0.3) is 0 Å². The van der Waals surface area contributed by atoms with Gasteiger partial charge >= 0.3 is 0 Å². The number of sulfonamides is 1. The summed E-state index contributed by atoms with van der Waals surface area (Å²) in [6.45, 7) is 3.96. The lowest BCUT2D eigenvalue weighted by atomic mass is 10.2. The van der Waals surface area contributed by atoms with Crippen molar-refractivity contribution in [2.75, 3.05) is 44.4 Å². The Labute approximate surface area is 164 Å². The number of anilines is 1. The summed E-state index contributed by atoms with van der Waals surface area (Å²) < 4.78 is 44.8. The number of fused-ring (bicyclic) bond motifs is 1. The Bertz CT molecular complexity index is 929. The first-order valence-corrected chi connectivity index (χ1v) is 10.8. The van der Waals surface area contributed by atoms with Gasteiger partial charge in [-0.25, -0.2) is 18.1 Å². The Morgan fingerprint density at radius 2 is 1.82 bits per heavy atom. The van der Waals surface area contributed by atoms with Crippen molar-refractivity contribution in [2.45, 2.75) is 17.9 Å². The van der Waals surface area contributed by atoms with Crippen LogP contribution in [0.2, 0.25) is 0 Å². The molecule has 9 heteroatoms. The maximum absolute atomic E-state index is 12.8. The highest BCUT2D eigenvalue weighted by Crippen LogP contribution is 2.32. The van der Waals surface area contributed by atoms with E-state index in [1.807, 2.05) is 6.07 Å². The molecule has 2 aliphatic heterocycles. The summed E-state index contributed by atoms with van der Waals surface area (Å²) in [6, 6.07) is 8.37. The molecule has 0 radical (unpaired) electrons. The van der Waals surface area contributed by atoms with Crippen molar-refractivity contribution >= 4 is 15.8 Å². The summed E-state index contributed by atoms with van der Waals surface area (Å²) in [5, 5.41) is 0. The highest BCUT2D eigenvalue weighted by Gasteiger charge is 2.21. The predicted molar refractivity (Wildman–Crippen MR) is 103 cm³/mol. The van der Waals surface area contributed by atoms with Crippen LogP contribution in [0.25, 0.3) is 0 Å². The quantitative estimate of drug-likeness (QED) is 0.807. The minimum Gasteiger partial charge on any atom is -0.490 e. The Balaban J connectivity index is 1.51. The lowest BCUT2D eigenvalue weighted by Gasteiger charge is -2.29. The van der Waals surface area contributed by atoms with Crippen LogP contribution in [0.4, 0.5) is 5.82 Å². The van der Waals surface area contributed by atoms with Crippen molar-refractivity contribution in [1.82, 2.24) is 9.71 Å². The van der Waals surface area contributed by atoms with E-state index in [0.29, 0.717) is 37.9 Å². The molecule has 0 unspecified atom stereocenters. The molecule has 0 aliphatic carbocycles. The van der Waals surface area contributed by atoms with Crippen LogP contribution in [0, 0.1) is 0 Å². The summed E-state index contributed by atoms with van der Waals surface area (Å²) >= 11 is 0. The number of hydrogen-bond donors (Lipinski definition) is 1. The van der Waals surface area contributed by atoms with Crippen molar-refractivity contribution in [1.29, 1.82) is 0 Å². The minimum atomic E-state index is -3.71. The van der Waals surface area contributed by atoms with Gasteiger partial charge in [-0.05, 0) is 18.2 Å². The first-order valence-electron chi connectivity index (χ1n) is 9.29. The first kappa shape index (κ1) is 19.0. The Morgan fingerprint density at radius 3 is 2.64 bits per heavy atom. The van der Waals surface area contributed by atoms with Gasteiger partial charge in [0.05, 0.1) is 31.3 Å². The van der Waals surface area contributed by atoms with E-state index in [2.05, 4.69) is 14.6 Å². The molecule has 28 heavy (non-hydrogen) atoms. The first-order chi connectivity index (χ1) is 13.6. The molecule has 0 spiro atoms. The van der Waals surface area contributed by atoms with E-state index in [1.54, 1.807) is 18.3 Å². The Hall–Kier alpha value is -2.36. The molecule has 1 aromatic heterocycles. The van der Waals surface area contributed by atoms with Gasteiger partial charge in [-0.1, -0.05) is 6.07 Å². The number of nitrogens with zero attached hydrogens (tertiary/aromatic N) is 2. The van der Waals surface area contributed by atoms with E-state index >= 15 is 0 Å². The monoisotopic (exact) mass is 405 g/mol. The molecular weight excluding hydrogens is 382 g/mol. The number of pyridine rings is 1. The van der Waals surface area contributed by atoms with Gasteiger partial charge in [0, 0.05) is 43.9 Å². The summed E-state index contributed by atoms with van der Waals surface area (Å²) in [7, 11) is -3.71. The van der Waals surface area contributed by atoms with Gasteiger partial charge < -0.3 is 19.1 Å². The van der Waals surface area contributed by atoms with E-state index in [9.17, 15) is 8.42 Å². The van der Waals surface area contributed by atoms with Gasteiger partial charge in [0.15, 0.2) is 11.5 Å². The third-order valence-corrected chi connectivity index (χ3v) is 6.06. The third kappa shape index (κ3) is 4.21. The van der Waals surface area contributed by atoms with Crippen LogP contribution in [0.5, 0.6) is 11.5 Å². The summed E-state index contributed by atoms with van der Waals surface area (Å²) in [5.41, 5.74) is 0.822. The molecular formula is C19H23N3O5S. The summed E-state index contributed by atoms with van der Waals surface area (Å²) in [6.07, 6.45) is 2.48. The maximum atomic E-state index is 12.8. The van der Waals surface area contributed by atoms with Crippen LogP contribution in [-0.4, -0.2) is 52.9 Å². The molecule has 0 saturated carbocycles. The average molecular weight is 405 g/mol. The highest BCUT2D eigenvalue weighted by molar-refractivity contribution is 7.89. The fraction of sp³-hybridized carbons (Fsp3) is 0.421. The molecule has 1 aromatic carbocycles. The number of aromatic nitrogens is 1. The van der Waals surface area contributed by atoms with Gasteiger partial charge in [-0.2, -0.15) is 0 Å². The molecule has 2 aliphatic rings. The maximum Gasteiger partial charge on any atom is 0.241 e. The second-order valence-electron chi connectivity index (χ2n) is 6.57. The fourth-order valence-electron chi connectivity index (χ4n) is 3.20. The number of morpholine rings is 1. The smallest absolute Gasteiger partial charge is 0.241 e. The van der Waals surface area contributed by atoms with Crippen LogP contribution in [0.15, 0.2) is 41.4 Å². The third-order valence-electron chi connectivity index (χ3n) is 4.66. The molecule has 150 valence electrons. The van der Waals surface area contributed by atoms with Gasteiger partial charge in [0.1, 0.15) is 5.82 Å². The number of benzene rings is 1. The Morgan fingerprint density at radius 1 is 1.04 bits per heavy atom.